The van der Waals surface area contributed by atoms with E-state index in [4.69, 9.17) is 18.9 Å². The van der Waals surface area contributed by atoms with Gasteiger partial charge in [0, 0.05) is 12.8 Å². The number of esters is 2. The van der Waals surface area contributed by atoms with Crippen LogP contribution < -0.4 is 5.11 Å². The fourth-order valence-electron chi connectivity index (χ4n) is 7.61. The van der Waals surface area contributed by atoms with Gasteiger partial charge in [-0.15, -0.1) is 0 Å². The Morgan fingerprint density at radius 3 is 1.10 bits per heavy atom. The third-order valence-corrected chi connectivity index (χ3v) is 12.0. The zero-order chi connectivity index (χ0) is 53.4. The fourth-order valence-corrected chi connectivity index (χ4v) is 7.61. The van der Waals surface area contributed by atoms with Gasteiger partial charge in [0.1, 0.15) is 13.2 Å². The molecule has 0 rings (SSSR count). The number of rotatable bonds is 52. The lowest BCUT2D eigenvalue weighted by Crippen LogP contribution is -2.44. The van der Waals surface area contributed by atoms with Crippen molar-refractivity contribution in [2.75, 3.05) is 47.5 Å². The Morgan fingerprint density at radius 2 is 0.740 bits per heavy atom. The topological polar surface area (TPSA) is 111 Å². The van der Waals surface area contributed by atoms with Crippen LogP contribution >= 0.6 is 0 Å². The molecule has 0 heterocycles. The summed E-state index contributed by atoms with van der Waals surface area (Å²) in [5, 5.41) is 11.8. The van der Waals surface area contributed by atoms with Crippen LogP contribution in [0.1, 0.15) is 219 Å². The molecule has 0 aliphatic heterocycles. The third kappa shape index (κ3) is 55.5. The molecule has 0 bridgehead atoms. The lowest BCUT2D eigenvalue weighted by Gasteiger charge is -2.26. The highest BCUT2D eigenvalue weighted by molar-refractivity contribution is 5.70. The van der Waals surface area contributed by atoms with E-state index in [1.54, 1.807) is 0 Å². The molecule has 9 heteroatoms. The molecule has 0 saturated carbocycles. The summed E-state index contributed by atoms with van der Waals surface area (Å²) in [6, 6.07) is 0. The summed E-state index contributed by atoms with van der Waals surface area (Å²) in [7, 11) is 5.91. The molecule has 0 aliphatic rings. The van der Waals surface area contributed by atoms with Crippen molar-refractivity contribution in [2.45, 2.75) is 232 Å². The monoisotopic (exact) mass is 1020 g/mol. The van der Waals surface area contributed by atoms with Gasteiger partial charge in [-0.1, -0.05) is 220 Å². The number of carboxylic acid groups (broad SMARTS) is 1. The van der Waals surface area contributed by atoms with Crippen LogP contribution in [-0.2, 0) is 33.3 Å². The van der Waals surface area contributed by atoms with Gasteiger partial charge < -0.3 is 33.3 Å². The number of hydrogen-bond donors (Lipinski definition) is 0. The lowest BCUT2D eigenvalue weighted by molar-refractivity contribution is -0.870. The first-order valence-corrected chi connectivity index (χ1v) is 29.0. The minimum absolute atomic E-state index is 0.140. The Labute approximate surface area is 447 Å². The number of carbonyl (C=O) groups is 3. The maximum atomic E-state index is 12.9. The second kappa shape index (κ2) is 54.2. The van der Waals surface area contributed by atoms with E-state index in [1.165, 1.54) is 70.6 Å². The Kier molecular flexibility index (Phi) is 51.2. The predicted octanol–water partition coefficient (Wildman–Crippen LogP) is 15.8. The summed E-state index contributed by atoms with van der Waals surface area (Å²) >= 11 is 0. The smallest absolute Gasteiger partial charge is 0.306 e. The SMILES string of the molecule is CC/C=C\C/C=C\C/C=C\C/C=C\C/C=C\C/C=C\CCCCCCCCCCCCCCCCC(=O)OC(COC(=O)CCCCCCC/C=C\C/C=C\C/C=C\CC)COC(OCC[N+](C)(C)C)C(=O)[O-]. The molecule has 0 aliphatic carbocycles. The zero-order valence-corrected chi connectivity index (χ0v) is 47.2. The van der Waals surface area contributed by atoms with Crippen LogP contribution in [0.4, 0.5) is 0 Å². The van der Waals surface area contributed by atoms with Gasteiger partial charge in [0.2, 0.25) is 0 Å². The second-order valence-electron chi connectivity index (χ2n) is 20.2. The molecule has 0 spiro atoms. The quantitative estimate of drug-likeness (QED) is 0.0195. The number of likely N-dealkylation sites (N-methyl/N-ethyl adjacent to an activating group) is 1. The maximum Gasteiger partial charge on any atom is 0.306 e. The summed E-state index contributed by atoms with van der Waals surface area (Å²) in [5.74, 6) is -2.31. The predicted molar refractivity (Wildman–Crippen MR) is 306 cm³/mol. The van der Waals surface area contributed by atoms with Crippen molar-refractivity contribution in [1.29, 1.82) is 0 Å². The molecule has 0 amide bonds. The number of carboxylic acids is 1. The number of carbonyl (C=O) groups excluding carboxylic acids is 3. The molecule has 416 valence electrons. The summed E-state index contributed by atoms with van der Waals surface area (Å²) in [6.07, 6.45) is 71.4. The first-order valence-electron chi connectivity index (χ1n) is 29.0. The number of nitrogens with zero attached hydrogens (tertiary/aromatic N) is 1. The first-order chi connectivity index (χ1) is 35.6. The molecule has 0 N–H and O–H groups in total. The van der Waals surface area contributed by atoms with E-state index in [9.17, 15) is 19.5 Å². The minimum atomic E-state index is -1.63. The van der Waals surface area contributed by atoms with E-state index in [0.29, 0.717) is 23.9 Å². The van der Waals surface area contributed by atoms with E-state index >= 15 is 0 Å². The van der Waals surface area contributed by atoms with Crippen molar-refractivity contribution < 1.29 is 42.9 Å². The van der Waals surface area contributed by atoms with Gasteiger partial charge >= 0.3 is 11.9 Å². The van der Waals surface area contributed by atoms with Crippen LogP contribution in [0.25, 0.3) is 0 Å². The van der Waals surface area contributed by atoms with E-state index in [-0.39, 0.29) is 38.6 Å². The Bertz CT molecular complexity index is 1560. The van der Waals surface area contributed by atoms with Crippen LogP contribution in [0, 0.1) is 0 Å². The molecule has 0 aromatic carbocycles. The maximum absolute atomic E-state index is 12.9. The molecule has 0 aromatic heterocycles. The number of unbranched alkanes of at least 4 members (excludes halogenated alkanes) is 19. The van der Waals surface area contributed by atoms with E-state index in [0.717, 1.165) is 109 Å². The van der Waals surface area contributed by atoms with Crippen LogP contribution in [0.15, 0.2) is 109 Å². The van der Waals surface area contributed by atoms with Crippen molar-refractivity contribution >= 4 is 17.9 Å². The first kappa shape index (κ1) is 69.0. The van der Waals surface area contributed by atoms with Crippen LogP contribution in [-0.4, -0.2) is 82.3 Å². The van der Waals surface area contributed by atoms with Gasteiger partial charge in [0.15, 0.2) is 12.4 Å². The summed E-state index contributed by atoms with van der Waals surface area (Å²) in [4.78, 5) is 37.2. The Morgan fingerprint density at radius 1 is 0.411 bits per heavy atom. The number of ether oxygens (including phenoxy) is 4. The van der Waals surface area contributed by atoms with Crippen molar-refractivity contribution in [3.05, 3.63) is 109 Å². The molecule has 0 aromatic rings. The highest BCUT2D eigenvalue weighted by Gasteiger charge is 2.22. The normalized spacial score (nSPS) is 13.6. The molecule has 9 nitrogen and oxygen atoms in total. The van der Waals surface area contributed by atoms with Crippen molar-refractivity contribution in [3.63, 3.8) is 0 Å². The van der Waals surface area contributed by atoms with E-state index < -0.39 is 24.3 Å². The molecule has 73 heavy (non-hydrogen) atoms. The zero-order valence-electron chi connectivity index (χ0n) is 47.2. The molecule has 0 fully saturated rings. The second-order valence-corrected chi connectivity index (χ2v) is 20.2. The van der Waals surface area contributed by atoms with Gasteiger partial charge in [-0.05, 0) is 96.3 Å². The third-order valence-electron chi connectivity index (χ3n) is 12.0. The summed E-state index contributed by atoms with van der Waals surface area (Å²) in [6.45, 7) is 4.49. The number of hydrogen-bond acceptors (Lipinski definition) is 8. The standard InChI is InChI=1S/C64H107NO8/c1-6-8-10-12-14-16-18-20-22-23-24-25-26-27-28-29-30-31-32-33-34-35-36-37-38-39-41-43-45-47-49-51-53-55-62(67)73-60(59-72-64(63(68)69)70-57-56-65(3,4)5)58-71-61(66)54-52-50-48-46-44-42-40-21-19-17-15-13-11-9-7-2/h8-11,14-17,20-22,24-25,27-28,30-31,40,60,64H,6-7,12-13,18-19,23,26,29,32-39,41-59H2,1-5H3/b10-8-,11-9-,16-14-,17-15-,22-20-,25-24-,28-27-,31-30-,40-21-. The van der Waals surface area contributed by atoms with Crippen molar-refractivity contribution in [3.8, 4) is 0 Å². The van der Waals surface area contributed by atoms with Crippen molar-refractivity contribution in [1.82, 2.24) is 0 Å². The highest BCUT2D eigenvalue weighted by Crippen LogP contribution is 2.15. The average molecular weight is 1020 g/mol. The van der Waals surface area contributed by atoms with Gasteiger partial charge in [-0.25, -0.2) is 0 Å². The van der Waals surface area contributed by atoms with Gasteiger partial charge in [-0.2, -0.15) is 0 Å². The van der Waals surface area contributed by atoms with Crippen LogP contribution in [0.2, 0.25) is 0 Å². The van der Waals surface area contributed by atoms with Gasteiger partial charge in [0.25, 0.3) is 0 Å². The lowest BCUT2D eigenvalue weighted by atomic mass is 10.0. The minimum Gasteiger partial charge on any atom is -0.545 e. The number of quaternary nitrogens is 1. The fraction of sp³-hybridized carbons (Fsp3) is 0.672. The number of allylic oxidation sites excluding steroid dienone is 18. The Hall–Kier alpha value is -4.05. The van der Waals surface area contributed by atoms with E-state index in [2.05, 4.69) is 123 Å². The molecule has 0 saturated heterocycles. The summed E-state index contributed by atoms with van der Waals surface area (Å²) < 4.78 is 22.7. The average Bonchev–Trinajstić information content (AvgIpc) is 3.36. The largest absolute Gasteiger partial charge is 0.545 e. The molecular weight excluding hydrogens is 911 g/mol. The molecule has 2 unspecified atom stereocenters. The van der Waals surface area contributed by atoms with Crippen LogP contribution in [0.5, 0.6) is 0 Å². The molecular formula is C64H107NO8. The molecule has 0 radical (unpaired) electrons. The van der Waals surface area contributed by atoms with Gasteiger partial charge in [0.05, 0.1) is 40.3 Å². The highest BCUT2D eigenvalue weighted by atomic mass is 16.7. The van der Waals surface area contributed by atoms with E-state index in [1.807, 2.05) is 21.1 Å². The summed E-state index contributed by atoms with van der Waals surface area (Å²) in [5.41, 5.74) is 0. The molecule has 2 atom stereocenters. The van der Waals surface area contributed by atoms with Gasteiger partial charge in [-0.3, -0.25) is 9.59 Å². The number of aliphatic carboxylic acids is 1. The van der Waals surface area contributed by atoms with Crippen molar-refractivity contribution in [2.24, 2.45) is 0 Å². The van der Waals surface area contributed by atoms with Crippen LogP contribution in [0.3, 0.4) is 0 Å². The Balaban J connectivity index is 4.18.